The van der Waals surface area contributed by atoms with Gasteiger partial charge in [0.05, 0.1) is 11.5 Å². The first kappa shape index (κ1) is 21.1. The molecule has 0 fully saturated rings. The molecular formula is C18H18F2N2O3S2. The van der Waals surface area contributed by atoms with Crippen LogP contribution in [0.5, 0.6) is 0 Å². The van der Waals surface area contributed by atoms with Crippen molar-refractivity contribution in [2.75, 3.05) is 17.6 Å². The largest absolute Gasteiger partial charge is 0.325 e. The normalized spacial score (nSPS) is 11.2. The van der Waals surface area contributed by atoms with E-state index in [9.17, 15) is 22.0 Å². The monoisotopic (exact) mass is 412 g/mol. The van der Waals surface area contributed by atoms with Gasteiger partial charge >= 0.3 is 0 Å². The molecule has 144 valence electrons. The van der Waals surface area contributed by atoms with E-state index in [1.54, 1.807) is 24.3 Å². The van der Waals surface area contributed by atoms with Crippen LogP contribution in [0.4, 0.5) is 14.5 Å². The number of nitrogens with one attached hydrogen (secondary N) is 2. The van der Waals surface area contributed by atoms with Crippen LogP contribution in [0.1, 0.15) is 5.56 Å². The van der Waals surface area contributed by atoms with Crippen molar-refractivity contribution in [3.05, 3.63) is 72.3 Å². The minimum Gasteiger partial charge on any atom is -0.325 e. The number of amides is 1. The molecule has 0 spiro atoms. The Balaban J connectivity index is 1.87. The van der Waals surface area contributed by atoms with Crippen molar-refractivity contribution in [2.45, 2.75) is 10.6 Å². The fourth-order valence-corrected chi connectivity index (χ4v) is 3.88. The van der Waals surface area contributed by atoms with Gasteiger partial charge < -0.3 is 5.32 Å². The lowest BCUT2D eigenvalue weighted by Gasteiger charge is -2.08. The van der Waals surface area contributed by atoms with Crippen LogP contribution >= 0.6 is 11.8 Å². The zero-order valence-electron chi connectivity index (χ0n) is 14.2. The number of rotatable bonds is 9. The van der Waals surface area contributed by atoms with Crippen molar-refractivity contribution in [3.8, 4) is 0 Å². The van der Waals surface area contributed by atoms with Gasteiger partial charge in [0.2, 0.25) is 15.9 Å². The first-order valence-electron chi connectivity index (χ1n) is 7.84. The van der Waals surface area contributed by atoms with Crippen LogP contribution in [-0.2, 0) is 20.6 Å². The van der Waals surface area contributed by atoms with E-state index in [4.69, 9.17) is 0 Å². The molecular weight excluding hydrogens is 394 g/mol. The molecule has 2 aromatic carbocycles. The molecule has 5 nitrogen and oxygen atoms in total. The molecule has 0 radical (unpaired) electrons. The third-order valence-electron chi connectivity index (χ3n) is 3.30. The number of anilines is 1. The molecule has 0 saturated heterocycles. The summed E-state index contributed by atoms with van der Waals surface area (Å²) in [6.45, 7) is 3.61. The molecule has 0 saturated carbocycles. The van der Waals surface area contributed by atoms with E-state index in [2.05, 4.69) is 16.6 Å². The second-order valence-corrected chi connectivity index (χ2v) is 8.36. The maximum Gasteiger partial charge on any atom is 0.234 e. The summed E-state index contributed by atoms with van der Waals surface area (Å²) in [7, 11) is -3.45. The summed E-state index contributed by atoms with van der Waals surface area (Å²) in [5.74, 6) is -2.38. The molecule has 0 unspecified atom stereocenters. The Hall–Kier alpha value is -2.23. The molecule has 1 amide bonds. The molecule has 2 rings (SSSR count). The highest BCUT2D eigenvalue weighted by Crippen LogP contribution is 2.21. The van der Waals surface area contributed by atoms with Crippen LogP contribution in [-0.4, -0.2) is 26.6 Å². The van der Waals surface area contributed by atoms with Crippen molar-refractivity contribution >= 4 is 33.4 Å². The molecule has 2 N–H and O–H groups in total. The highest BCUT2D eigenvalue weighted by Gasteiger charge is 2.11. The Morgan fingerprint density at radius 3 is 2.44 bits per heavy atom. The Kier molecular flexibility index (Phi) is 7.52. The maximum absolute atomic E-state index is 13.1. The zero-order valence-corrected chi connectivity index (χ0v) is 15.9. The van der Waals surface area contributed by atoms with Crippen molar-refractivity contribution in [2.24, 2.45) is 0 Å². The highest BCUT2D eigenvalue weighted by molar-refractivity contribution is 8.00. The van der Waals surface area contributed by atoms with Crippen LogP contribution in [0.15, 0.2) is 60.0 Å². The SMILES string of the molecule is C=CCNS(=O)(=O)Cc1ccc(NC(=O)CSc2ccc(F)c(F)c2)cc1. The van der Waals surface area contributed by atoms with Gasteiger partial charge in [-0.1, -0.05) is 18.2 Å². The number of hydrogen-bond donors (Lipinski definition) is 2. The predicted molar refractivity (Wildman–Crippen MR) is 103 cm³/mol. The fourth-order valence-electron chi connectivity index (χ4n) is 2.05. The van der Waals surface area contributed by atoms with Gasteiger partial charge in [-0.25, -0.2) is 21.9 Å². The topological polar surface area (TPSA) is 75.3 Å². The van der Waals surface area contributed by atoms with Gasteiger partial charge in [-0.15, -0.1) is 18.3 Å². The van der Waals surface area contributed by atoms with Crippen LogP contribution in [0.2, 0.25) is 0 Å². The van der Waals surface area contributed by atoms with E-state index in [0.717, 1.165) is 23.9 Å². The fraction of sp³-hybridized carbons (Fsp3) is 0.167. The molecule has 2 aromatic rings. The molecule has 0 aliphatic carbocycles. The minimum absolute atomic E-state index is 0.0205. The number of halogens is 2. The lowest BCUT2D eigenvalue weighted by molar-refractivity contribution is -0.113. The standard InChI is InChI=1S/C18H18F2N2O3S2/c1-2-9-21-27(24,25)12-13-3-5-14(6-4-13)22-18(23)11-26-15-7-8-16(19)17(20)10-15/h2-8,10,21H,1,9,11-12H2,(H,22,23). The summed E-state index contributed by atoms with van der Waals surface area (Å²) in [6.07, 6.45) is 1.45. The van der Waals surface area contributed by atoms with E-state index in [-0.39, 0.29) is 24.0 Å². The van der Waals surface area contributed by atoms with Crippen molar-refractivity contribution in [1.29, 1.82) is 0 Å². The lowest BCUT2D eigenvalue weighted by atomic mass is 10.2. The number of hydrogen-bond acceptors (Lipinski definition) is 4. The number of carbonyl (C=O) groups is 1. The van der Waals surface area contributed by atoms with E-state index >= 15 is 0 Å². The molecule has 0 bridgehead atoms. The Morgan fingerprint density at radius 1 is 1.11 bits per heavy atom. The highest BCUT2D eigenvalue weighted by atomic mass is 32.2. The zero-order chi connectivity index (χ0) is 19.9. The van der Waals surface area contributed by atoms with Crippen LogP contribution in [0, 0.1) is 11.6 Å². The summed E-state index contributed by atoms with van der Waals surface area (Å²) in [4.78, 5) is 12.4. The maximum atomic E-state index is 13.1. The number of sulfonamides is 1. The predicted octanol–water partition coefficient (Wildman–Crippen LogP) is 3.30. The van der Waals surface area contributed by atoms with Crippen molar-refractivity contribution < 1.29 is 22.0 Å². The molecule has 0 aliphatic heterocycles. The summed E-state index contributed by atoms with van der Waals surface area (Å²) < 4.78 is 52.0. The van der Waals surface area contributed by atoms with E-state index in [1.165, 1.54) is 12.1 Å². The number of benzene rings is 2. The second-order valence-electron chi connectivity index (χ2n) is 5.51. The lowest BCUT2D eigenvalue weighted by Crippen LogP contribution is -2.25. The van der Waals surface area contributed by atoms with E-state index in [1.807, 2.05) is 0 Å². The average Bonchev–Trinajstić information content (AvgIpc) is 2.62. The van der Waals surface area contributed by atoms with Gasteiger partial charge in [-0.2, -0.15) is 0 Å². The molecule has 9 heteroatoms. The van der Waals surface area contributed by atoms with E-state index < -0.39 is 21.7 Å². The molecule has 0 heterocycles. The van der Waals surface area contributed by atoms with Crippen molar-refractivity contribution in [3.63, 3.8) is 0 Å². The summed E-state index contributed by atoms with van der Waals surface area (Å²) in [6, 6.07) is 9.83. The summed E-state index contributed by atoms with van der Waals surface area (Å²) in [5, 5.41) is 2.66. The first-order valence-corrected chi connectivity index (χ1v) is 10.5. The minimum atomic E-state index is -3.45. The van der Waals surface area contributed by atoms with Crippen LogP contribution in [0.25, 0.3) is 0 Å². The van der Waals surface area contributed by atoms with Gasteiger partial charge in [-0.3, -0.25) is 4.79 Å². The third kappa shape index (κ3) is 7.12. The van der Waals surface area contributed by atoms with Crippen molar-refractivity contribution in [1.82, 2.24) is 4.72 Å². The molecule has 0 aliphatic rings. The number of thioether (sulfide) groups is 1. The summed E-state index contributed by atoms with van der Waals surface area (Å²) >= 11 is 1.07. The number of carbonyl (C=O) groups excluding carboxylic acids is 1. The molecule has 0 aromatic heterocycles. The van der Waals surface area contributed by atoms with E-state index in [0.29, 0.717) is 16.1 Å². The first-order chi connectivity index (χ1) is 12.8. The summed E-state index contributed by atoms with van der Waals surface area (Å²) in [5.41, 5.74) is 1.08. The van der Waals surface area contributed by atoms with Gasteiger partial charge in [-0.05, 0) is 35.9 Å². The quantitative estimate of drug-likeness (QED) is 0.490. The Morgan fingerprint density at radius 2 is 1.81 bits per heavy atom. The van der Waals surface area contributed by atoms with Gasteiger partial charge in [0.25, 0.3) is 0 Å². The molecule has 27 heavy (non-hydrogen) atoms. The van der Waals surface area contributed by atoms with Gasteiger partial charge in [0.15, 0.2) is 11.6 Å². The smallest absolute Gasteiger partial charge is 0.234 e. The van der Waals surface area contributed by atoms with Gasteiger partial charge in [0, 0.05) is 17.1 Å². The Bertz CT molecular complexity index is 917. The second kappa shape index (κ2) is 9.63. The molecule has 0 atom stereocenters. The van der Waals surface area contributed by atoms with Gasteiger partial charge in [0.1, 0.15) is 0 Å². The average molecular weight is 412 g/mol. The van der Waals surface area contributed by atoms with Crippen LogP contribution in [0.3, 0.4) is 0 Å². The third-order valence-corrected chi connectivity index (χ3v) is 5.62. The Labute approximate surface area is 160 Å². The van der Waals surface area contributed by atoms with Crippen LogP contribution < -0.4 is 10.0 Å².